The van der Waals surface area contributed by atoms with Gasteiger partial charge in [-0.25, -0.2) is 4.39 Å². The first kappa shape index (κ1) is 8.21. The molecule has 0 radical (unpaired) electrons. The minimum Gasteiger partial charge on any atom is -0.291 e. The maximum atomic E-state index is 11.8. The molecule has 0 fully saturated rings. The molecule has 0 heterocycles. The minimum atomic E-state index is -0.972. The van der Waals surface area contributed by atoms with Crippen molar-refractivity contribution in [3.63, 3.8) is 0 Å². The number of carbonyl (C=O) groups excluding carboxylic acids is 1. The van der Waals surface area contributed by atoms with Crippen molar-refractivity contribution < 1.29 is 9.18 Å². The third-order valence-corrected chi connectivity index (χ3v) is 1.50. The quantitative estimate of drug-likeness (QED) is 0.627. The van der Waals surface area contributed by atoms with Crippen LogP contribution in [0.2, 0.25) is 5.02 Å². The Labute approximate surface area is 68.8 Å². The van der Waals surface area contributed by atoms with Crippen LogP contribution >= 0.6 is 11.6 Å². The first-order chi connectivity index (χ1) is 5.24. The third kappa shape index (κ3) is 2.02. The molecule has 1 nitrogen and oxygen atoms in total. The summed E-state index contributed by atoms with van der Waals surface area (Å²) >= 11 is 5.57. The fraction of sp³-hybridized carbons (Fsp3) is 0.125. The number of hydrogen-bond donors (Lipinski definition) is 0. The van der Waals surface area contributed by atoms with Crippen LogP contribution in [0.25, 0.3) is 0 Å². The third-order valence-electron chi connectivity index (χ3n) is 1.27. The van der Waals surface area contributed by atoms with E-state index in [1.165, 1.54) is 12.1 Å². The summed E-state index contributed by atoms with van der Waals surface area (Å²) in [5.41, 5.74) is 0.319. The van der Waals surface area contributed by atoms with Gasteiger partial charge in [0.2, 0.25) is 0 Å². The number of ketones is 1. The van der Waals surface area contributed by atoms with E-state index in [9.17, 15) is 9.18 Å². The second-order valence-electron chi connectivity index (χ2n) is 2.07. The van der Waals surface area contributed by atoms with Crippen LogP contribution in [0.15, 0.2) is 24.3 Å². The van der Waals surface area contributed by atoms with Crippen molar-refractivity contribution in [2.75, 3.05) is 6.67 Å². The Bertz CT molecular complexity index is 273. The van der Waals surface area contributed by atoms with Crippen molar-refractivity contribution in [3.05, 3.63) is 34.9 Å². The van der Waals surface area contributed by atoms with Gasteiger partial charge < -0.3 is 0 Å². The van der Waals surface area contributed by atoms with E-state index in [1.807, 2.05) is 0 Å². The summed E-state index contributed by atoms with van der Waals surface area (Å²) in [4.78, 5) is 10.7. The standard InChI is InChI=1S/C8H6ClFO/c9-7-3-1-2-6(4-7)8(11)5-10/h1-4H,5H2. The average molecular weight is 173 g/mol. The molecule has 0 unspecified atom stereocenters. The lowest BCUT2D eigenvalue weighted by molar-refractivity contribution is 0.0958. The molecule has 0 aliphatic heterocycles. The van der Waals surface area contributed by atoms with Crippen molar-refractivity contribution in [1.29, 1.82) is 0 Å². The van der Waals surface area contributed by atoms with Crippen LogP contribution in [0.3, 0.4) is 0 Å². The van der Waals surface area contributed by atoms with Gasteiger partial charge in [0.15, 0.2) is 12.5 Å². The number of Topliss-reactive ketones (excluding diaryl/α,β-unsaturated/α-hetero) is 1. The highest BCUT2D eigenvalue weighted by atomic mass is 35.5. The van der Waals surface area contributed by atoms with Crippen molar-refractivity contribution in [1.82, 2.24) is 0 Å². The van der Waals surface area contributed by atoms with E-state index >= 15 is 0 Å². The van der Waals surface area contributed by atoms with Crippen LogP contribution < -0.4 is 0 Å². The van der Waals surface area contributed by atoms with Gasteiger partial charge in [0.05, 0.1) is 0 Å². The molecule has 0 aliphatic carbocycles. The summed E-state index contributed by atoms with van der Waals surface area (Å²) < 4.78 is 11.8. The number of halogens is 2. The van der Waals surface area contributed by atoms with Gasteiger partial charge in [-0.3, -0.25) is 4.79 Å². The van der Waals surface area contributed by atoms with Crippen molar-refractivity contribution >= 4 is 17.4 Å². The first-order valence-corrected chi connectivity index (χ1v) is 3.46. The maximum absolute atomic E-state index is 11.8. The lowest BCUT2D eigenvalue weighted by Gasteiger charge is -1.95. The van der Waals surface area contributed by atoms with E-state index < -0.39 is 12.5 Å². The molecule has 0 saturated heterocycles. The molecule has 0 spiro atoms. The van der Waals surface area contributed by atoms with E-state index in [2.05, 4.69) is 0 Å². The Morgan fingerprint density at radius 1 is 1.55 bits per heavy atom. The summed E-state index contributed by atoms with van der Waals surface area (Å²) in [6.07, 6.45) is 0. The Hall–Kier alpha value is -0.890. The monoisotopic (exact) mass is 172 g/mol. The van der Waals surface area contributed by atoms with Crippen LogP contribution in [0, 0.1) is 0 Å². The van der Waals surface area contributed by atoms with Crippen LogP contribution in [-0.2, 0) is 0 Å². The SMILES string of the molecule is O=C(CF)c1cccc(Cl)c1. The molecule has 3 heteroatoms. The van der Waals surface area contributed by atoms with Crippen molar-refractivity contribution in [2.45, 2.75) is 0 Å². The molecule has 0 aliphatic rings. The van der Waals surface area contributed by atoms with Gasteiger partial charge in [0.25, 0.3) is 0 Å². The molecule has 0 amide bonds. The molecule has 1 aromatic carbocycles. The van der Waals surface area contributed by atoms with E-state index in [0.717, 1.165) is 0 Å². The van der Waals surface area contributed by atoms with Gasteiger partial charge in [-0.2, -0.15) is 0 Å². The predicted molar refractivity (Wildman–Crippen MR) is 41.8 cm³/mol. The fourth-order valence-electron chi connectivity index (χ4n) is 0.739. The molecule has 0 aromatic heterocycles. The smallest absolute Gasteiger partial charge is 0.193 e. The van der Waals surface area contributed by atoms with Crippen LogP contribution in [-0.4, -0.2) is 12.5 Å². The molecule has 0 saturated carbocycles. The molecule has 1 aromatic rings. The normalized spacial score (nSPS) is 9.64. The zero-order valence-corrected chi connectivity index (χ0v) is 6.44. The van der Waals surface area contributed by atoms with E-state index in [1.54, 1.807) is 12.1 Å². The lowest BCUT2D eigenvalue weighted by atomic mass is 10.1. The number of hydrogen-bond acceptors (Lipinski definition) is 1. The lowest BCUT2D eigenvalue weighted by Crippen LogP contribution is -1.99. The average Bonchev–Trinajstić information content (AvgIpc) is 2.03. The zero-order chi connectivity index (χ0) is 8.27. The Morgan fingerprint density at radius 3 is 2.82 bits per heavy atom. The summed E-state index contributed by atoms with van der Waals surface area (Å²) in [6.45, 7) is -0.972. The topological polar surface area (TPSA) is 17.1 Å². The minimum absolute atomic E-state index is 0.319. The second kappa shape index (κ2) is 3.49. The van der Waals surface area contributed by atoms with Gasteiger partial charge in [-0.1, -0.05) is 23.7 Å². The summed E-state index contributed by atoms with van der Waals surface area (Å²) in [7, 11) is 0. The second-order valence-corrected chi connectivity index (χ2v) is 2.50. The van der Waals surface area contributed by atoms with E-state index in [0.29, 0.717) is 10.6 Å². The largest absolute Gasteiger partial charge is 0.291 e. The molecule has 1 rings (SSSR count). The first-order valence-electron chi connectivity index (χ1n) is 3.09. The highest BCUT2D eigenvalue weighted by Gasteiger charge is 2.03. The Morgan fingerprint density at radius 2 is 2.27 bits per heavy atom. The highest BCUT2D eigenvalue weighted by Crippen LogP contribution is 2.10. The fourth-order valence-corrected chi connectivity index (χ4v) is 0.929. The molecule has 11 heavy (non-hydrogen) atoms. The summed E-state index contributed by atoms with van der Waals surface area (Å²) in [5, 5.41) is 0.448. The number of carbonyl (C=O) groups is 1. The number of benzene rings is 1. The van der Waals surface area contributed by atoms with E-state index in [4.69, 9.17) is 11.6 Å². The number of rotatable bonds is 2. The molecule has 0 N–H and O–H groups in total. The molecular formula is C8H6ClFO. The Balaban J connectivity index is 2.96. The molecular weight excluding hydrogens is 167 g/mol. The predicted octanol–water partition coefficient (Wildman–Crippen LogP) is 2.49. The van der Waals surface area contributed by atoms with Gasteiger partial charge in [0.1, 0.15) is 0 Å². The van der Waals surface area contributed by atoms with E-state index in [-0.39, 0.29) is 0 Å². The molecule has 0 bridgehead atoms. The van der Waals surface area contributed by atoms with Crippen LogP contribution in [0.5, 0.6) is 0 Å². The summed E-state index contributed by atoms with van der Waals surface area (Å²) in [6, 6.07) is 6.24. The maximum Gasteiger partial charge on any atom is 0.193 e. The van der Waals surface area contributed by atoms with Crippen molar-refractivity contribution in [2.24, 2.45) is 0 Å². The van der Waals surface area contributed by atoms with Gasteiger partial charge in [-0.15, -0.1) is 0 Å². The van der Waals surface area contributed by atoms with Crippen LogP contribution in [0.1, 0.15) is 10.4 Å². The number of alkyl halides is 1. The Kier molecular flexibility index (Phi) is 2.60. The zero-order valence-electron chi connectivity index (χ0n) is 5.68. The van der Waals surface area contributed by atoms with Crippen LogP contribution in [0.4, 0.5) is 4.39 Å². The van der Waals surface area contributed by atoms with Gasteiger partial charge >= 0.3 is 0 Å². The highest BCUT2D eigenvalue weighted by molar-refractivity contribution is 6.31. The van der Waals surface area contributed by atoms with Gasteiger partial charge in [-0.05, 0) is 12.1 Å². The molecule has 0 atom stereocenters. The molecule has 58 valence electrons. The van der Waals surface area contributed by atoms with Crippen molar-refractivity contribution in [3.8, 4) is 0 Å². The summed E-state index contributed by atoms with van der Waals surface area (Å²) in [5.74, 6) is -0.535. The van der Waals surface area contributed by atoms with Gasteiger partial charge in [0, 0.05) is 10.6 Å².